The van der Waals surface area contributed by atoms with E-state index in [1.807, 2.05) is 48.8 Å². The molecule has 1 aliphatic rings. The lowest BCUT2D eigenvalue weighted by Gasteiger charge is -2.27. The maximum absolute atomic E-state index is 6.05. The molecule has 0 radical (unpaired) electrons. The predicted molar refractivity (Wildman–Crippen MR) is 172 cm³/mol. The van der Waals surface area contributed by atoms with Crippen molar-refractivity contribution in [3.05, 3.63) is 125 Å². The van der Waals surface area contributed by atoms with Crippen LogP contribution in [0.5, 0.6) is 11.5 Å². The van der Waals surface area contributed by atoms with Crippen LogP contribution in [0.2, 0.25) is 5.02 Å². The van der Waals surface area contributed by atoms with E-state index in [-0.39, 0.29) is 0 Å². The Morgan fingerprint density at radius 2 is 1.59 bits per heavy atom. The van der Waals surface area contributed by atoms with E-state index < -0.39 is 0 Å². The molecule has 0 saturated carbocycles. The van der Waals surface area contributed by atoms with Crippen LogP contribution < -0.4 is 9.47 Å². The molecule has 1 atom stereocenters. The summed E-state index contributed by atoms with van der Waals surface area (Å²) in [5.41, 5.74) is 4.36. The number of hydrogen-bond donors (Lipinski definition) is 0. The Morgan fingerprint density at radius 1 is 0.780 bits per heavy atom. The summed E-state index contributed by atoms with van der Waals surface area (Å²) < 4.78 is 11.5. The Bertz CT molecular complexity index is 1750. The van der Waals surface area contributed by atoms with Gasteiger partial charge in [-0.2, -0.15) is 0 Å². The number of hydrogen-bond acceptors (Lipinski definition) is 3. The number of benzene rings is 5. The lowest BCUT2D eigenvalue weighted by molar-refractivity contribution is 0.405. The Morgan fingerprint density at radius 3 is 2.37 bits per heavy atom. The molecule has 206 valence electrons. The van der Waals surface area contributed by atoms with E-state index in [2.05, 4.69) is 59.6 Å². The molecule has 0 aliphatic heterocycles. The van der Waals surface area contributed by atoms with Gasteiger partial charge in [0.15, 0.2) is 0 Å². The first kappa shape index (κ1) is 27.1. The minimum Gasteiger partial charge on any atom is -0.496 e. The molecule has 0 amide bonds. The van der Waals surface area contributed by atoms with Crippen LogP contribution in [0.15, 0.2) is 103 Å². The van der Waals surface area contributed by atoms with Crippen molar-refractivity contribution in [3.63, 3.8) is 0 Å². The first-order valence-corrected chi connectivity index (χ1v) is 14.7. The standard InChI is InChI=1S/C28H27ClO2.C9H7N/c1-30-26-8-4-7-24-23-16-15-21-19(12-9-18-10-13-20(29)14-11-18)5-3-6-22(21)25(23)17-27(31-2)28(24)26;1-2-4-9-7-10-6-5-8(9)3-1/h4,7-8,10-11,13-17,19H,3,5-6,9,12H2,1-2H3;1-7H. The average Bonchev–Trinajstić information content (AvgIpc) is 3.03. The summed E-state index contributed by atoms with van der Waals surface area (Å²) in [7, 11) is 3.47. The Labute approximate surface area is 246 Å². The van der Waals surface area contributed by atoms with Gasteiger partial charge in [0.1, 0.15) is 11.5 Å². The average molecular weight is 560 g/mol. The number of aromatic nitrogens is 1. The van der Waals surface area contributed by atoms with Gasteiger partial charge in [0.05, 0.1) is 19.6 Å². The van der Waals surface area contributed by atoms with Crippen molar-refractivity contribution in [3.8, 4) is 11.5 Å². The molecule has 1 heterocycles. The second-order valence-electron chi connectivity index (χ2n) is 10.7. The molecule has 3 nitrogen and oxygen atoms in total. The lowest BCUT2D eigenvalue weighted by atomic mass is 9.77. The van der Waals surface area contributed by atoms with Gasteiger partial charge in [-0.15, -0.1) is 0 Å². The molecule has 5 aromatic carbocycles. The Balaban J connectivity index is 0.000000253. The molecular formula is C37H34ClNO2. The van der Waals surface area contributed by atoms with Crippen LogP contribution in [0, 0.1) is 0 Å². The Hall–Kier alpha value is -4.08. The first-order valence-electron chi connectivity index (χ1n) is 14.3. The minimum absolute atomic E-state index is 0.593. The van der Waals surface area contributed by atoms with E-state index in [0.717, 1.165) is 34.7 Å². The van der Waals surface area contributed by atoms with Crippen LogP contribution in [0.1, 0.15) is 41.9 Å². The van der Waals surface area contributed by atoms with Gasteiger partial charge >= 0.3 is 0 Å². The number of aryl methyl sites for hydroxylation is 2. The number of nitrogens with zero attached hydrogens (tertiary/aromatic N) is 1. The van der Waals surface area contributed by atoms with Crippen LogP contribution in [0.4, 0.5) is 0 Å². The zero-order valence-electron chi connectivity index (χ0n) is 23.6. The lowest BCUT2D eigenvalue weighted by Crippen LogP contribution is -2.11. The molecule has 0 spiro atoms. The zero-order chi connectivity index (χ0) is 28.2. The van der Waals surface area contributed by atoms with Gasteiger partial charge in [-0.3, -0.25) is 4.98 Å². The summed E-state index contributed by atoms with van der Waals surface area (Å²) in [5.74, 6) is 2.34. The van der Waals surface area contributed by atoms with Crippen LogP contribution in [-0.4, -0.2) is 19.2 Å². The maximum Gasteiger partial charge on any atom is 0.131 e. The summed E-state index contributed by atoms with van der Waals surface area (Å²) >= 11 is 6.05. The molecule has 6 aromatic rings. The fraction of sp³-hybridized carbons (Fsp3) is 0.216. The number of fused-ring (bicyclic) bond motifs is 6. The van der Waals surface area contributed by atoms with Gasteiger partial charge in [-0.05, 0) is 112 Å². The van der Waals surface area contributed by atoms with Gasteiger partial charge in [-0.25, -0.2) is 0 Å². The third kappa shape index (κ3) is 5.60. The van der Waals surface area contributed by atoms with E-state index in [0.29, 0.717) is 5.92 Å². The maximum atomic E-state index is 6.05. The number of halogens is 1. The van der Waals surface area contributed by atoms with E-state index >= 15 is 0 Å². The third-order valence-electron chi connectivity index (χ3n) is 8.34. The molecule has 1 aliphatic carbocycles. The molecule has 4 heteroatoms. The summed E-state index contributed by atoms with van der Waals surface area (Å²) in [6, 6.07) is 31.6. The molecule has 41 heavy (non-hydrogen) atoms. The molecule has 1 unspecified atom stereocenters. The summed E-state index contributed by atoms with van der Waals surface area (Å²) in [4.78, 5) is 4.01. The van der Waals surface area contributed by atoms with Crippen LogP contribution in [0.25, 0.3) is 32.3 Å². The summed E-state index contributed by atoms with van der Waals surface area (Å²) in [6.45, 7) is 0. The molecule has 0 N–H and O–H groups in total. The molecule has 0 saturated heterocycles. The van der Waals surface area contributed by atoms with E-state index in [4.69, 9.17) is 21.1 Å². The predicted octanol–water partition coefficient (Wildman–Crippen LogP) is 9.95. The highest BCUT2D eigenvalue weighted by Crippen LogP contribution is 2.44. The highest BCUT2D eigenvalue weighted by molar-refractivity contribution is 6.30. The monoisotopic (exact) mass is 559 g/mol. The normalized spacial score (nSPS) is 14.4. The minimum atomic E-state index is 0.593. The SMILES string of the molecule is COc1cccc2c1c(OC)cc1c3c(ccc12)C(CCc1ccc(Cl)cc1)CCC3.c1ccc2cnccc2c1. The highest BCUT2D eigenvalue weighted by Gasteiger charge is 2.23. The van der Waals surface area contributed by atoms with Crippen molar-refractivity contribution < 1.29 is 9.47 Å². The zero-order valence-corrected chi connectivity index (χ0v) is 24.3. The quantitative estimate of drug-likeness (QED) is 0.197. The first-order chi connectivity index (χ1) is 20.2. The molecule has 0 fully saturated rings. The van der Waals surface area contributed by atoms with Crippen molar-refractivity contribution in [2.45, 2.75) is 38.0 Å². The Kier molecular flexibility index (Phi) is 8.07. The fourth-order valence-electron chi connectivity index (χ4n) is 6.29. The van der Waals surface area contributed by atoms with E-state index in [9.17, 15) is 0 Å². The van der Waals surface area contributed by atoms with Gasteiger partial charge in [-0.1, -0.05) is 72.3 Å². The number of ether oxygens (including phenoxy) is 2. The van der Waals surface area contributed by atoms with Crippen LogP contribution >= 0.6 is 11.6 Å². The van der Waals surface area contributed by atoms with Gasteiger partial charge in [0.25, 0.3) is 0 Å². The summed E-state index contributed by atoms with van der Waals surface area (Å²) in [5, 5.41) is 8.10. The van der Waals surface area contributed by atoms with E-state index in [1.54, 1.807) is 14.2 Å². The largest absolute Gasteiger partial charge is 0.496 e. The smallest absolute Gasteiger partial charge is 0.131 e. The van der Waals surface area contributed by atoms with Crippen molar-refractivity contribution in [2.75, 3.05) is 14.2 Å². The fourth-order valence-corrected chi connectivity index (χ4v) is 6.41. The van der Waals surface area contributed by atoms with E-state index in [1.165, 1.54) is 62.9 Å². The van der Waals surface area contributed by atoms with Gasteiger partial charge < -0.3 is 9.47 Å². The topological polar surface area (TPSA) is 31.4 Å². The summed E-state index contributed by atoms with van der Waals surface area (Å²) in [6.07, 6.45) is 9.54. The van der Waals surface area contributed by atoms with Crippen molar-refractivity contribution >= 4 is 43.9 Å². The third-order valence-corrected chi connectivity index (χ3v) is 8.59. The second kappa shape index (κ2) is 12.2. The number of pyridine rings is 1. The molecular weight excluding hydrogens is 526 g/mol. The van der Waals surface area contributed by atoms with Crippen LogP contribution in [0.3, 0.4) is 0 Å². The molecule has 1 aromatic heterocycles. The highest BCUT2D eigenvalue weighted by atomic mass is 35.5. The molecule has 0 bridgehead atoms. The van der Waals surface area contributed by atoms with Crippen molar-refractivity contribution in [2.24, 2.45) is 0 Å². The molecule has 7 rings (SSSR count). The van der Waals surface area contributed by atoms with Crippen molar-refractivity contribution in [1.29, 1.82) is 0 Å². The van der Waals surface area contributed by atoms with Gasteiger partial charge in [0.2, 0.25) is 0 Å². The van der Waals surface area contributed by atoms with Gasteiger partial charge in [0, 0.05) is 17.4 Å². The second-order valence-corrected chi connectivity index (χ2v) is 11.1. The number of rotatable bonds is 5. The van der Waals surface area contributed by atoms with Crippen LogP contribution in [-0.2, 0) is 12.8 Å². The number of methoxy groups -OCH3 is 2. The van der Waals surface area contributed by atoms with Crippen molar-refractivity contribution in [1.82, 2.24) is 4.98 Å².